The Morgan fingerprint density at radius 1 is 0.309 bits per heavy atom. The van der Waals surface area contributed by atoms with Gasteiger partial charge in [0.1, 0.15) is 0 Å². The highest BCUT2D eigenvalue weighted by Crippen LogP contribution is 2.59. The molecule has 0 bridgehead atoms. The number of hydrogen-bond acceptors (Lipinski definition) is 1. The lowest BCUT2D eigenvalue weighted by molar-refractivity contribution is 0.652. The Bertz CT molecular complexity index is 3750. The van der Waals surface area contributed by atoms with Crippen LogP contribution in [0.5, 0.6) is 0 Å². The van der Waals surface area contributed by atoms with Crippen LogP contribution in [-0.2, 0) is 10.8 Å². The van der Waals surface area contributed by atoms with Crippen LogP contribution in [0.2, 0.25) is 0 Å². The summed E-state index contributed by atoms with van der Waals surface area (Å²) in [5, 5.41) is 2.47. The summed E-state index contributed by atoms with van der Waals surface area (Å²) >= 11 is 0. The zero-order valence-electron chi connectivity index (χ0n) is 38.8. The standard InChI is InChI=1S/C66H50N2/c1-65(2)58-26-16-14-24-52(58)56-41-60-57(42-59(56)65)64-55(47-30-28-45(29-31-47)43-18-8-5-9-19-43)38-51(39-61(64)66(60,3)4)67(49-34-32-46(33-35-49)44-20-10-6-11-21-44)50-36-37-54-53-25-15-17-27-62(53)68(63(54)40-50)48-22-12-7-13-23-48/h5-42H,1-4H3. The van der Waals surface area contributed by atoms with E-state index in [1.54, 1.807) is 0 Å². The van der Waals surface area contributed by atoms with Crippen LogP contribution in [0.4, 0.5) is 17.1 Å². The molecule has 0 saturated heterocycles. The Labute approximate surface area is 399 Å². The van der Waals surface area contributed by atoms with Gasteiger partial charge in [0.25, 0.3) is 0 Å². The highest BCUT2D eigenvalue weighted by Gasteiger charge is 2.43. The molecular weight excluding hydrogens is 821 g/mol. The van der Waals surface area contributed by atoms with Crippen molar-refractivity contribution in [3.63, 3.8) is 0 Å². The maximum atomic E-state index is 2.55. The topological polar surface area (TPSA) is 8.17 Å². The molecule has 1 aromatic heterocycles. The van der Waals surface area contributed by atoms with Crippen LogP contribution < -0.4 is 4.90 Å². The molecule has 0 spiro atoms. The van der Waals surface area contributed by atoms with E-state index in [1.165, 1.54) is 99.7 Å². The molecule has 0 radical (unpaired) electrons. The summed E-state index contributed by atoms with van der Waals surface area (Å²) < 4.78 is 2.42. The molecule has 13 rings (SSSR count). The Kier molecular flexibility index (Phi) is 8.95. The Hall–Kier alpha value is -8.20. The van der Waals surface area contributed by atoms with Crippen LogP contribution >= 0.6 is 0 Å². The first-order valence-electron chi connectivity index (χ1n) is 23.9. The van der Waals surface area contributed by atoms with Gasteiger partial charge in [0.2, 0.25) is 0 Å². The number of anilines is 3. The predicted molar refractivity (Wildman–Crippen MR) is 287 cm³/mol. The van der Waals surface area contributed by atoms with E-state index in [1.807, 2.05) is 0 Å². The molecule has 11 aromatic rings. The quantitative estimate of drug-likeness (QED) is 0.155. The molecule has 68 heavy (non-hydrogen) atoms. The molecule has 0 saturated carbocycles. The van der Waals surface area contributed by atoms with E-state index in [0.717, 1.165) is 22.7 Å². The van der Waals surface area contributed by atoms with Gasteiger partial charge < -0.3 is 9.47 Å². The third-order valence-corrected chi connectivity index (χ3v) is 15.2. The summed E-state index contributed by atoms with van der Waals surface area (Å²) in [7, 11) is 0. The molecule has 0 aliphatic heterocycles. The lowest BCUT2D eigenvalue weighted by atomic mass is 9.79. The smallest absolute Gasteiger partial charge is 0.0561 e. The molecule has 2 heteroatoms. The number of para-hydroxylation sites is 2. The summed E-state index contributed by atoms with van der Waals surface area (Å²) in [4.78, 5) is 2.49. The van der Waals surface area contributed by atoms with Crippen molar-refractivity contribution in [3.8, 4) is 61.3 Å². The zero-order chi connectivity index (χ0) is 45.7. The van der Waals surface area contributed by atoms with Crippen LogP contribution in [-0.4, -0.2) is 4.57 Å². The molecule has 0 N–H and O–H groups in total. The third-order valence-electron chi connectivity index (χ3n) is 15.2. The predicted octanol–water partition coefficient (Wildman–Crippen LogP) is 17.9. The van der Waals surface area contributed by atoms with Gasteiger partial charge in [-0.15, -0.1) is 0 Å². The second-order valence-electron chi connectivity index (χ2n) is 19.7. The van der Waals surface area contributed by atoms with Crippen molar-refractivity contribution in [3.05, 3.63) is 253 Å². The minimum absolute atomic E-state index is 0.116. The average molecular weight is 871 g/mol. The van der Waals surface area contributed by atoms with Crippen molar-refractivity contribution >= 4 is 38.9 Å². The molecule has 0 fully saturated rings. The number of rotatable bonds is 7. The van der Waals surface area contributed by atoms with E-state index in [-0.39, 0.29) is 10.8 Å². The molecule has 2 nitrogen and oxygen atoms in total. The second kappa shape index (κ2) is 15.2. The lowest BCUT2D eigenvalue weighted by Gasteiger charge is -2.29. The van der Waals surface area contributed by atoms with Crippen LogP contribution in [0, 0.1) is 0 Å². The summed E-state index contributed by atoms with van der Waals surface area (Å²) in [6.07, 6.45) is 0. The van der Waals surface area contributed by atoms with Crippen molar-refractivity contribution in [2.45, 2.75) is 38.5 Å². The highest BCUT2D eigenvalue weighted by molar-refractivity contribution is 6.10. The van der Waals surface area contributed by atoms with Crippen LogP contribution in [0.25, 0.3) is 83.1 Å². The monoisotopic (exact) mass is 870 g/mol. The van der Waals surface area contributed by atoms with Crippen molar-refractivity contribution in [2.24, 2.45) is 0 Å². The molecular formula is C66H50N2. The van der Waals surface area contributed by atoms with Gasteiger partial charge in [-0.05, 0) is 145 Å². The van der Waals surface area contributed by atoms with E-state index in [9.17, 15) is 0 Å². The van der Waals surface area contributed by atoms with Gasteiger partial charge in [0, 0.05) is 44.4 Å². The van der Waals surface area contributed by atoms with Gasteiger partial charge in [-0.25, -0.2) is 0 Å². The zero-order valence-corrected chi connectivity index (χ0v) is 38.8. The fraction of sp³-hybridized carbons (Fsp3) is 0.0909. The van der Waals surface area contributed by atoms with E-state index < -0.39 is 0 Å². The SMILES string of the molecule is CC1(C)c2ccccc2-c2cc3c(cc21)-c1c(-c2ccc(-c4ccccc4)cc2)cc(N(c2ccc(-c4ccccc4)cc2)c2ccc4c5ccccc5n(-c5ccccc5)c4c2)cc1C3(C)C. The van der Waals surface area contributed by atoms with Gasteiger partial charge in [0.05, 0.1) is 11.0 Å². The van der Waals surface area contributed by atoms with E-state index in [2.05, 4.69) is 268 Å². The van der Waals surface area contributed by atoms with Crippen molar-refractivity contribution in [1.82, 2.24) is 4.57 Å². The first-order valence-corrected chi connectivity index (χ1v) is 23.9. The van der Waals surface area contributed by atoms with Gasteiger partial charge in [-0.3, -0.25) is 0 Å². The molecule has 1 heterocycles. The van der Waals surface area contributed by atoms with E-state index >= 15 is 0 Å². The van der Waals surface area contributed by atoms with Gasteiger partial charge in [0.15, 0.2) is 0 Å². The number of hydrogen-bond donors (Lipinski definition) is 0. The van der Waals surface area contributed by atoms with Crippen molar-refractivity contribution in [1.29, 1.82) is 0 Å². The molecule has 0 unspecified atom stereocenters. The molecule has 0 amide bonds. The third kappa shape index (κ3) is 6.10. The normalized spacial score (nSPS) is 13.8. The largest absolute Gasteiger partial charge is 0.310 e. The minimum Gasteiger partial charge on any atom is -0.310 e. The Balaban J connectivity index is 1.07. The van der Waals surface area contributed by atoms with Gasteiger partial charge >= 0.3 is 0 Å². The molecule has 2 aliphatic carbocycles. The average Bonchev–Trinajstić information content (AvgIpc) is 3.93. The van der Waals surface area contributed by atoms with Crippen LogP contribution in [0.3, 0.4) is 0 Å². The maximum absolute atomic E-state index is 2.55. The minimum atomic E-state index is -0.289. The number of nitrogens with zero attached hydrogens (tertiary/aromatic N) is 2. The molecule has 0 atom stereocenters. The highest BCUT2D eigenvalue weighted by atomic mass is 15.1. The first-order chi connectivity index (χ1) is 33.2. The number of aromatic nitrogens is 1. The first kappa shape index (κ1) is 40.1. The van der Waals surface area contributed by atoms with Gasteiger partial charge in [-0.2, -0.15) is 0 Å². The van der Waals surface area contributed by atoms with Crippen LogP contribution in [0.1, 0.15) is 49.9 Å². The Morgan fingerprint density at radius 3 is 1.53 bits per heavy atom. The molecule has 324 valence electrons. The summed E-state index contributed by atoms with van der Waals surface area (Å²) in [6, 6.07) is 85.5. The summed E-state index contributed by atoms with van der Waals surface area (Å²) in [6.45, 7) is 9.66. The van der Waals surface area contributed by atoms with Crippen molar-refractivity contribution < 1.29 is 0 Å². The van der Waals surface area contributed by atoms with E-state index in [0.29, 0.717) is 0 Å². The van der Waals surface area contributed by atoms with Gasteiger partial charge in [-0.1, -0.05) is 191 Å². The maximum Gasteiger partial charge on any atom is 0.0561 e. The lowest BCUT2D eigenvalue weighted by Crippen LogP contribution is -2.17. The summed E-state index contributed by atoms with van der Waals surface area (Å²) in [5.41, 5.74) is 24.6. The second-order valence-corrected chi connectivity index (χ2v) is 19.7. The number of fused-ring (bicyclic) bond motifs is 9. The number of benzene rings is 10. The van der Waals surface area contributed by atoms with Crippen LogP contribution in [0.15, 0.2) is 231 Å². The fourth-order valence-electron chi connectivity index (χ4n) is 11.7. The van der Waals surface area contributed by atoms with Crippen molar-refractivity contribution in [2.75, 3.05) is 4.90 Å². The van der Waals surface area contributed by atoms with E-state index in [4.69, 9.17) is 0 Å². The fourth-order valence-corrected chi connectivity index (χ4v) is 11.7. The Morgan fingerprint density at radius 2 is 0.824 bits per heavy atom. The molecule has 2 aliphatic rings. The molecule has 10 aromatic carbocycles. The summed E-state index contributed by atoms with van der Waals surface area (Å²) in [5.74, 6) is 0.